The van der Waals surface area contributed by atoms with Crippen LogP contribution in [0, 0.1) is 0 Å². The maximum Gasteiger partial charge on any atom is 0.285 e. The number of carbonyl (C=O) groups excluding carboxylic acids is 1. The molecule has 0 unspecified atom stereocenters. The van der Waals surface area contributed by atoms with Crippen molar-refractivity contribution in [1.82, 2.24) is 20.2 Å². The van der Waals surface area contributed by atoms with Gasteiger partial charge < -0.3 is 5.32 Å². The van der Waals surface area contributed by atoms with Crippen molar-refractivity contribution < 1.29 is 4.79 Å². The van der Waals surface area contributed by atoms with E-state index in [1.165, 1.54) is 56.1 Å². The molecule has 0 radical (unpaired) electrons. The summed E-state index contributed by atoms with van der Waals surface area (Å²) in [6.45, 7) is 11.1. The lowest BCUT2D eigenvalue weighted by Gasteiger charge is -2.20. The van der Waals surface area contributed by atoms with Crippen LogP contribution in [0.4, 0.5) is 5.69 Å². The van der Waals surface area contributed by atoms with Crippen molar-refractivity contribution in [3.8, 4) is 0 Å². The molecule has 2 aromatic rings. The molecule has 6 heteroatoms. The lowest BCUT2D eigenvalue weighted by molar-refractivity contribution is 0.0892. The van der Waals surface area contributed by atoms with Gasteiger partial charge in [-0.15, -0.1) is 10.2 Å². The van der Waals surface area contributed by atoms with E-state index in [1.807, 2.05) is 0 Å². The SMILES string of the molecule is CCCCCCCCCCc1nnn(C(=O)CNc2c(C(C)C)cccc2C(C)C)n1. The van der Waals surface area contributed by atoms with Crippen LogP contribution in [0.1, 0.15) is 120 Å². The molecule has 0 aliphatic carbocycles. The molecular weight excluding hydrogens is 386 g/mol. The molecule has 1 aromatic heterocycles. The second-order valence-electron chi connectivity index (χ2n) is 9.09. The molecule has 0 spiro atoms. The third-order valence-corrected chi connectivity index (χ3v) is 5.72. The first-order valence-electron chi connectivity index (χ1n) is 12.1. The number of carbonyl (C=O) groups is 1. The second-order valence-corrected chi connectivity index (χ2v) is 9.09. The number of hydrogen-bond acceptors (Lipinski definition) is 5. The van der Waals surface area contributed by atoms with E-state index in [-0.39, 0.29) is 12.5 Å². The predicted molar refractivity (Wildman–Crippen MR) is 128 cm³/mol. The van der Waals surface area contributed by atoms with Crippen LogP contribution in [0.5, 0.6) is 0 Å². The van der Waals surface area contributed by atoms with Crippen molar-refractivity contribution >= 4 is 11.6 Å². The van der Waals surface area contributed by atoms with E-state index < -0.39 is 0 Å². The number of hydrogen-bond donors (Lipinski definition) is 1. The zero-order chi connectivity index (χ0) is 22.6. The highest BCUT2D eigenvalue weighted by Crippen LogP contribution is 2.32. The highest BCUT2D eigenvalue weighted by Gasteiger charge is 2.16. The van der Waals surface area contributed by atoms with Gasteiger partial charge >= 0.3 is 0 Å². The Morgan fingerprint density at radius 2 is 1.52 bits per heavy atom. The summed E-state index contributed by atoms with van der Waals surface area (Å²) >= 11 is 0. The van der Waals surface area contributed by atoms with E-state index in [4.69, 9.17) is 0 Å². The predicted octanol–water partition coefficient (Wildman–Crippen LogP) is 6.36. The smallest absolute Gasteiger partial charge is 0.285 e. The minimum atomic E-state index is -0.192. The normalized spacial score (nSPS) is 11.5. The zero-order valence-corrected chi connectivity index (χ0v) is 20.2. The quantitative estimate of drug-likeness (QED) is 0.355. The topological polar surface area (TPSA) is 72.7 Å². The molecule has 172 valence electrons. The van der Waals surface area contributed by atoms with Gasteiger partial charge in [0.15, 0.2) is 5.82 Å². The van der Waals surface area contributed by atoms with Crippen molar-refractivity contribution in [2.75, 3.05) is 11.9 Å². The van der Waals surface area contributed by atoms with Gasteiger partial charge in [-0.05, 0) is 34.6 Å². The lowest BCUT2D eigenvalue weighted by Crippen LogP contribution is -2.24. The van der Waals surface area contributed by atoms with Crippen LogP contribution in [-0.4, -0.2) is 32.7 Å². The molecule has 1 heterocycles. The molecule has 1 aromatic carbocycles. The third-order valence-electron chi connectivity index (χ3n) is 5.72. The molecule has 0 aliphatic rings. The average molecular weight is 428 g/mol. The van der Waals surface area contributed by atoms with Crippen molar-refractivity contribution in [2.45, 2.75) is 104 Å². The van der Waals surface area contributed by atoms with Crippen LogP contribution in [-0.2, 0) is 6.42 Å². The Kier molecular flexibility index (Phi) is 10.7. The maximum absolute atomic E-state index is 12.6. The van der Waals surface area contributed by atoms with Crippen LogP contribution < -0.4 is 5.32 Å². The maximum atomic E-state index is 12.6. The highest BCUT2D eigenvalue weighted by atomic mass is 16.2. The number of unbranched alkanes of at least 4 members (excludes halogenated alkanes) is 7. The third kappa shape index (κ3) is 8.08. The van der Waals surface area contributed by atoms with Crippen molar-refractivity contribution in [3.05, 3.63) is 35.2 Å². The van der Waals surface area contributed by atoms with Crippen molar-refractivity contribution in [2.24, 2.45) is 0 Å². The molecule has 6 nitrogen and oxygen atoms in total. The number of rotatable bonds is 14. The van der Waals surface area contributed by atoms with E-state index in [9.17, 15) is 4.79 Å². The Morgan fingerprint density at radius 3 is 2.10 bits per heavy atom. The second kappa shape index (κ2) is 13.2. The first-order chi connectivity index (χ1) is 14.9. The Morgan fingerprint density at radius 1 is 0.935 bits per heavy atom. The molecule has 1 N–H and O–H groups in total. The van der Waals surface area contributed by atoms with E-state index in [0.717, 1.165) is 23.3 Å². The first-order valence-corrected chi connectivity index (χ1v) is 12.1. The zero-order valence-electron chi connectivity index (χ0n) is 20.2. The summed E-state index contributed by atoms with van der Waals surface area (Å²) in [6, 6.07) is 6.34. The van der Waals surface area contributed by atoms with Gasteiger partial charge in [-0.1, -0.05) is 103 Å². The van der Waals surface area contributed by atoms with Crippen LogP contribution in [0.25, 0.3) is 0 Å². The summed E-state index contributed by atoms with van der Waals surface area (Å²) in [5.74, 6) is 1.21. The number of nitrogens with zero attached hydrogens (tertiary/aromatic N) is 4. The van der Waals surface area contributed by atoms with Crippen LogP contribution in [0.15, 0.2) is 18.2 Å². The monoisotopic (exact) mass is 427 g/mol. The van der Waals surface area contributed by atoms with Gasteiger partial charge in [-0.3, -0.25) is 4.79 Å². The lowest BCUT2D eigenvalue weighted by atomic mass is 9.92. The summed E-state index contributed by atoms with van der Waals surface area (Å²) in [7, 11) is 0. The number of aryl methyl sites for hydroxylation is 1. The molecule has 0 aliphatic heterocycles. The highest BCUT2D eigenvalue weighted by molar-refractivity contribution is 5.82. The Bertz CT molecular complexity index is 771. The molecule has 31 heavy (non-hydrogen) atoms. The fourth-order valence-electron chi connectivity index (χ4n) is 3.86. The molecule has 0 amide bonds. The molecule has 0 saturated heterocycles. The van der Waals surface area contributed by atoms with Gasteiger partial charge in [-0.2, -0.15) is 0 Å². The standard InChI is InChI=1S/C25H41N5O/c1-6-7-8-9-10-11-12-13-17-23-27-29-30(28-23)24(31)18-26-25-21(19(2)3)15-14-16-22(25)20(4)5/h14-16,19-20,26H,6-13,17-18H2,1-5H3. The molecule has 0 saturated carbocycles. The van der Waals surface area contributed by atoms with Crippen LogP contribution in [0.2, 0.25) is 0 Å². The van der Waals surface area contributed by atoms with Crippen LogP contribution in [0.3, 0.4) is 0 Å². The first kappa shape index (κ1) is 25.0. The number of para-hydroxylation sites is 1. The fraction of sp³-hybridized carbons (Fsp3) is 0.680. The van der Waals surface area contributed by atoms with Gasteiger partial charge in [-0.25, -0.2) is 0 Å². The molecule has 0 bridgehead atoms. The van der Waals surface area contributed by atoms with E-state index in [0.29, 0.717) is 17.7 Å². The van der Waals surface area contributed by atoms with Crippen molar-refractivity contribution in [3.63, 3.8) is 0 Å². The number of tetrazole rings is 1. The minimum Gasteiger partial charge on any atom is -0.376 e. The van der Waals surface area contributed by atoms with E-state index in [2.05, 4.69) is 73.5 Å². The number of anilines is 1. The summed E-state index contributed by atoms with van der Waals surface area (Å²) in [5, 5.41) is 15.7. The number of nitrogens with one attached hydrogen (secondary N) is 1. The molecule has 2 rings (SSSR count). The Labute approximate surface area is 188 Å². The average Bonchev–Trinajstić information content (AvgIpc) is 3.22. The largest absolute Gasteiger partial charge is 0.376 e. The van der Waals surface area contributed by atoms with Crippen LogP contribution >= 0.6 is 0 Å². The van der Waals surface area contributed by atoms with E-state index in [1.54, 1.807) is 0 Å². The summed E-state index contributed by atoms with van der Waals surface area (Å²) in [4.78, 5) is 13.8. The molecule has 0 atom stereocenters. The minimum absolute atomic E-state index is 0.150. The van der Waals surface area contributed by atoms with Gasteiger partial charge in [0.1, 0.15) is 0 Å². The number of benzene rings is 1. The number of aromatic nitrogens is 4. The van der Waals surface area contributed by atoms with Gasteiger partial charge in [0.25, 0.3) is 5.91 Å². The van der Waals surface area contributed by atoms with Gasteiger partial charge in [0.05, 0.1) is 6.54 Å². The van der Waals surface area contributed by atoms with E-state index >= 15 is 0 Å². The Balaban J connectivity index is 1.83. The molecular formula is C25H41N5O. The van der Waals surface area contributed by atoms with Gasteiger partial charge in [0.2, 0.25) is 0 Å². The van der Waals surface area contributed by atoms with Gasteiger partial charge in [0, 0.05) is 12.1 Å². The summed E-state index contributed by atoms with van der Waals surface area (Å²) in [6.07, 6.45) is 10.9. The van der Waals surface area contributed by atoms with Crippen molar-refractivity contribution in [1.29, 1.82) is 0 Å². The summed E-state index contributed by atoms with van der Waals surface area (Å²) < 4.78 is 0. The fourth-order valence-corrected chi connectivity index (χ4v) is 3.86. The Hall–Kier alpha value is -2.24. The molecule has 0 fully saturated rings. The summed E-state index contributed by atoms with van der Waals surface area (Å²) in [5.41, 5.74) is 3.50.